The van der Waals surface area contributed by atoms with Crippen molar-refractivity contribution in [1.29, 1.82) is 0 Å². The van der Waals surface area contributed by atoms with E-state index in [1.54, 1.807) is 16.2 Å². The van der Waals surface area contributed by atoms with Crippen molar-refractivity contribution in [3.63, 3.8) is 0 Å². The summed E-state index contributed by atoms with van der Waals surface area (Å²) in [4.78, 5) is 32.4. The van der Waals surface area contributed by atoms with Crippen molar-refractivity contribution in [2.24, 2.45) is 5.92 Å². The summed E-state index contributed by atoms with van der Waals surface area (Å²) in [5.74, 6) is 0.377. The van der Waals surface area contributed by atoms with Gasteiger partial charge in [0.2, 0.25) is 11.8 Å². The van der Waals surface area contributed by atoms with Crippen molar-refractivity contribution in [2.45, 2.75) is 58.7 Å². The number of thiazole rings is 1. The minimum Gasteiger partial charge on any atom is -0.343 e. The topological polar surface area (TPSA) is 62.3 Å². The highest BCUT2D eigenvalue weighted by Gasteiger charge is 2.47. The number of amides is 2. The van der Waals surface area contributed by atoms with Gasteiger partial charge in [-0.05, 0) is 39.0 Å². The van der Waals surface area contributed by atoms with Crippen LogP contribution >= 0.6 is 11.3 Å². The molecule has 6 heteroatoms. The van der Waals surface area contributed by atoms with Crippen LogP contribution in [0.4, 0.5) is 0 Å². The largest absolute Gasteiger partial charge is 0.343 e. The highest BCUT2D eigenvalue weighted by molar-refractivity contribution is 7.11. The number of aryl methyl sites for hydroxylation is 2. The fourth-order valence-electron chi connectivity index (χ4n) is 2.88. The highest BCUT2D eigenvalue weighted by Crippen LogP contribution is 2.38. The Hall–Kier alpha value is -1.43. The molecule has 1 saturated carbocycles. The van der Waals surface area contributed by atoms with Gasteiger partial charge >= 0.3 is 0 Å². The van der Waals surface area contributed by atoms with Crippen molar-refractivity contribution in [1.82, 2.24) is 15.2 Å². The normalized spacial score (nSPS) is 26.1. The van der Waals surface area contributed by atoms with Gasteiger partial charge in [-0.15, -0.1) is 11.3 Å². The minimum absolute atomic E-state index is 0.00829. The lowest BCUT2D eigenvalue weighted by molar-refractivity contribution is -0.151. The number of piperazine rings is 1. The van der Waals surface area contributed by atoms with Gasteiger partial charge in [-0.2, -0.15) is 0 Å². The van der Waals surface area contributed by atoms with Crippen molar-refractivity contribution in [3.05, 3.63) is 15.6 Å². The van der Waals surface area contributed by atoms with E-state index in [1.165, 1.54) is 4.88 Å². The van der Waals surface area contributed by atoms with Crippen molar-refractivity contribution in [2.75, 3.05) is 0 Å². The van der Waals surface area contributed by atoms with E-state index in [9.17, 15) is 9.59 Å². The fraction of sp³-hybridized carbons (Fsp3) is 0.667. The predicted molar refractivity (Wildman–Crippen MR) is 80.9 cm³/mol. The summed E-state index contributed by atoms with van der Waals surface area (Å²) in [5, 5.41) is 3.80. The van der Waals surface area contributed by atoms with Crippen LogP contribution in [-0.2, 0) is 16.1 Å². The van der Waals surface area contributed by atoms with E-state index in [1.807, 2.05) is 20.8 Å². The Morgan fingerprint density at radius 2 is 2.05 bits per heavy atom. The molecule has 1 aromatic rings. The molecule has 3 rings (SSSR count). The number of hydrogen-bond donors (Lipinski definition) is 1. The maximum atomic E-state index is 12.6. The Morgan fingerprint density at radius 3 is 2.57 bits per heavy atom. The van der Waals surface area contributed by atoms with Gasteiger partial charge in [-0.1, -0.05) is 6.92 Å². The van der Waals surface area contributed by atoms with Gasteiger partial charge in [0.1, 0.15) is 17.1 Å². The van der Waals surface area contributed by atoms with E-state index in [4.69, 9.17) is 0 Å². The third-order valence-corrected chi connectivity index (χ3v) is 5.41. The summed E-state index contributed by atoms with van der Waals surface area (Å²) in [5.41, 5.74) is 1.01. The molecule has 1 saturated heterocycles. The second-order valence-electron chi connectivity index (χ2n) is 5.97. The molecular formula is C15H21N3O2S. The van der Waals surface area contributed by atoms with E-state index >= 15 is 0 Å². The number of nitrogens with one attached hydrogen (secondary N) is 1. The zero-order valence-corrected chi connectivity index (χ0v) is 13.5. The van der Waals surface area contributed by atoms with Crippen LogP contribution in [0.2, 0.25) is 0 Å². The number of carbonyl (C=O) groups is 2. The van der Waals surface area contributed by atoms with Gasteiger partial charge < -0.3 is 10.2 Å². The van der Waals surface area contributed by atoms with E-state index in [-0.39, 0.29) is 23.9 Å². The SMILES string of the molecule is CCC1NC(=O)C(C2CC2)N(Cc2nc(C)c(C)s2)C1=O. The molecule has 1 aliphatic carbocycles. The van der Waals surface area contributed by atoms with Crippen molar-refractivity contribution < 1.29 is 9.59 Å². The van der Waals surface area contributed by atoms with Gasteiger partial charge in [0.25, 0.3) is 0 Å². The van der Waals surface area contributed by atoms with Crippen LogP contribution < -0.4 is 5.32 Å². The molecule has 1 N–H and O–H groups in total. The van der Waals surface area contributed by atoms with Gasteiger partial charge in [-0.3, -0.25) is 9.59 Å². The Labute approximate surface area is 128 Å². The number of aromatic nitrogens is 1. The van der Waals surface area contributed by atoms with Gasteiger partial charge in [-0.25, -0.2) is 4.98 Å². The molecular weight excluding hydrogens is 286 g/mol. The lowest BCUT2D eigenvalue weighted by Gasteiger charge is -2.38. The molecule has 2 aliphatic rings. The average Bonchev–Trinajstić information content (AvgIpc) is 3.21. The number of hydrogen-bond acceptors (Lipinski definition) is 4. The highest BCUT2D eigenvalue weighted by atomic mass is 32.1. The predicted octanol–water partition coefficient (Wildman–Crippen LogP) is 1.78. The van der Waals surface area contributed by atoms with Crippen LogP contribution in [0.3, 0.4) is 0 Å². The second-order valence-corrected chi connectivity index (χ2v) is 7.25. The summed E-state index contributed by atoms with van der Waals surface area (Å²) in [6.07, 6.45) is 2.71. The Morgan fingerprint density at radius 1 is 1.33 bits per heavy atom. The first-order chi connectivity index (χ1) is 10.0. The number of carbonyl (C=O) groups excluding carboxylic acids is 2. The molecule has 0 bridgehead atoms. The Balaban J connectivity index is 1.86. The summed E-state index contributed by atoms with van der Waals surface area (Å²) >= 11 is 1.62. The summed E-state index contributed by atoms with van der Waals surface area (Å²) < 4.78 is 0. The first kappa shape index (κ1) is 14.5. The molecule has 5 nitrogen and oxygen atoms in total. The molecule has 1 aliphatic heterocycles. The Kier molecular flexibility index (Phi) is 3.73. The quantitative estimate of drug-likeness (QED) is 0.922. The maximum Gasteiger partial charge on any atom is 0.246 e. The Bertz CT molecular complexity index is 560. The molecule has 0 spiro atoms. The molecule has 21 heavy (non-hydrogen) atoms. The van der Waals surface area contributed by atoms with Crippen LogP contribution in [0.15, 0.2) is 0 Å². The van der Waals surface area contributed by atoms with Gasteiger partial charge in [0.05, 0.1) is 12.2 Å². The molecule has 2 fully saturated rings. The average molecular weight is 307 g/mol. The summed E-state index contributed by atoms with van der Waals surface area (Å²) in [7, 11) is 0. The zero-order valence-electron chi connectivity index (χ0n) is 12.7. The van der Waals surface area contributed by atoms with Crippen LogP contribution in [0, 0.1) is 19.8 Å². The van der Waals surface area contributed by atoms with Crippen molar-refractivity contribution in [3.8, 4) is 0 Å². The lowest BCUT2D eigenvalue weighted by atomic mass is 10.0. The molecule has 2 heterocycles. The van der Waals surface area contributed by atoms with Crippen LogP contribution in [0.25, 0.3) is 0 Å². The smallest absolute Gasteiger partial charge is 0.246 e. The summed E-state index contributed by atoms with van der Waals surface area (Å²) in [6.45, 7) is 6.40. The van der Waals surface area contributed by atoms with E-state index in [0.717, 1.165) is 23.5 Å². The summed E-state index contributed by atoms with van der Waals surface area (Å²) in [6, 6.07) is -0.681. The van der Waals surface area contributed by atoms with E-state index in [2.05, 4.69) is 10.3 Å². The van der Waals surface area contributed by atoms with Crippen LogP contribution in [-0.4, -0.2) is 33.8 Å². The van der Waals surface area contributed by atoms with Gasteiger partial charge in [0, 0.05) is 4.88 Å². The minimum atomic E-state index is -0.380. The molecule has 0 radical (unpaired) electrons. The second kappa shape index (κ2) is 5.40. The zero-order chi connectivity index (χ0) is 15.1. The first-order valence-electron chi connectivity index (χ1n) is 7.55. The third-order valence-electron chi connectivity index (χ3n) is 4.36. The van der Waals surface area contributed by atoms with Crippen LogP contribution in [0.1, 0.15) is 41.8 Å². The molecule has 114 valence electrons. The van der Waals surface area contributed by atoms with Crippen LogP contribution in [0.5, 0.6) is 0 Å². The standard InChI is InChI=1S/C15H21N3O2S/c1-4-11-15(20)18(7-12-16-8(2)9(3)21-12)13(10-5-6-10)14(19)17-11/h10-11,13H,4-7H2,1-3H3,(H,17,19). The van der Waals surface area contributed by atoms with Crippen molar-refractivity contribution >= 4 is 23.2 Å². The lowest BCUT2D eigenvalue weighted by Crippen LogP contribution is -2.63. The number of nitrogens with zero attached hydrogens (tertiary/aromatic N) is 2. The molecule has 1 aromatic heterocycles. The van der Waals surface area contributed by atoms with E-state index < -0.39 is 0 Å². The molecule has 0 aromatic carbocycles. The van der Waals surface area contributed by atoms with E-state index in [0.29, 0.717) is 18.9 Å². The number of rotatable bonds is 4. The maximum absolute atomic E-state index is 12.6. The molecule has 2 amide bonds. The fourth-order valence-corrected chi connectivity index (χ4v) is 3.82. The van der Waals surface area contributed by atoms with Gasteiger partial charge in [0.15, 0.2) is 0 Å². The third kappa shape index (κ3) is 2.69. The molecule has 2 atom stereocenters. The monoisotopic (exact) mass is 307 g/mol. The first-order valence-corrected chi connectivity index (χ1v) is 8.36. The molecule has 2 unspecified atom stereocenters.